The third-order valence-electron chi connectivity index (χ3n) is 2.59. The topological polar surface area (TPSA) is 31.4 Å². The first-order chi connectivity index (χ1) is 8.85. The normalized spacial score (nSPS) is 10.6. The zero-order valence-electron chi connectivity index (χ0n) is 10.5. The monoisotopic (exact) mass is 241 g/mol. The number of rotatable bonds is 4. The Morgan fingerprint density at radius 1 is 0.944 bits per heavy atom. The summed E-state index contributed by atoms with van der Waals surface area (Å²) in [4.78, 5) is 4.07. The first kappa shape index (κ1) is 12.2. The molecule has 0 aliphatic heterocycles. The molecular weight excluding hydrogens is 226 g/mol. The summed E-state index contributed by atoms with van der Waals surface area (Å²) in [6, 6.07) is 9.61. The van der Waals surface area contributed by atoms with Crippen LogP contribution in [-0.2, 0) is 0 Å². The minimum Gasteiger partial charge on any atom is -0.496 e. The molecule has 0 N–H and O–H groups in total. The predicted octanol–water partition coefficient (Wildman–Crippen LogP) is 3.27. The van der Waals surface area contributed by atoms with Crippen molar-refractivity contribution in [1.82, 2.24) is 4.98 Å². The Morgan fingerprint density at radius 2 is 1.67 bits per heavy atom. The molecule has 1 heterocycles. The summed E-state index contributed by atoms with van der Waals surface area (Å²) >= 11 is 0. The van der Waals surface area contributed by atoms with Gasteiger partial charge in [0, 0.05) is 12.4 Å². The zero-order chi connectivity index (χ0) is 12.8. The van der Waals surface area contributed by atoms with Gasteiger partial charge in [-0.1, -0.05) is 18.2 Å². The average Bonchev–Trinajstić information content (AvgIpc) is 2.45. The number of nitrogens with zero attached hydrogens (tertiary/aromatic N) is 1. The number of hydrogen-bond acceptors (Lipinski definition) is 3. The summed E-state index contributed by atoms with van der Waals surface area (Å²) in [5, 5.41) is 0. The predicted molar refractivity (Wildman–Crippen MR) is 72.7 cm³/mol. The third kappa shape index (κ3) is 2.69. The SMILES string of the molecule is COc1cccc(OC)c1/C=C/c1cccnc1. The lowest BCUT2D eigenvalue weighted by Gasteiger charge is -2.09. The van der Waals surface area contributed by atoms with E-state index in [1.807, 2.05) is 42.5 Å². The summed E-state index contributed by atoms with van der Waals surface area (Å²) in [7, 11) is 3.30. The van der Waals surface area contributed by atoms with Crippen LogP contribution in [0, 0.1) is 0 Å². The lowest BCUT2D eigenvalue weighted by Crippen LogP contribution is -1.91. The molecule has 0 radical (unpaired) electrons. The van der Waals surface area contributed by atoms with Gasteiger partial charge in [0.1, 0.15) is 11.5 Å². The van der Waals surface area contributed by atoms with E-state index in [0.29, 0.717) is 0 Å². The van der Waals surface area contributed by atoms with Crippen LogP contribution in [0.5, 0.6) is 11.5 Å². The molecule has 0 aliphatic carbocycles. The smallest absolute Gasteiger partial charge is 0.129 e. The van der Waals surface area contributed by atoms with Gasteiger partial charge in [-0.15, -0.1) is 0 Å². The van der Waals surface area contributed by atoms with E-state index < -0.39 is 0 Å². The first-order valence-corrected chi connectivity index (χ1v) is 5.64. The van der Waals surface area contributed by atoms with Crippen molar-refractivity contribution in [1.29, 1.82) is 0 Å². The van der Waals surface area contributed by atoms with Gasteiger partial charge in [0.05, 0.1) is 19.8 Å². The van der Waals surface area contributed by atoms with Gasteiger partial charge in [-0.3, -0.25) is 4.98 Å². The molecule has 1 aromatic carbocycles. The highest BCUT2D eigenvalue weighted by Gasteiger charge is 2.05. The maximum Gasteiger partial charge on any atom is 0.129 e. The molecule has 18 heavy (non-hydrogen) atoms. The summed E-state index contributed by atoms with van der Waals surface area (Å²) in [5.74, 6) is 1.57. The summed E-state index contributed by atoms with van der Waals surface area (Å²) in [6.07, 6.45) is 7.50. The van der Waals surface area contributed by atoms with Crippen molar-refractivity contribution < 1.29 is 9.47 Å². The fourth-order valence-corrected chi connectivity index (χ4v) is 1.70. The second-order valence-electron chi connectivity index (χ2n) is 3.70. The van der Waals surface area contributed by atoms with Crippen LogP contribution >= 0.6 is 0 Å². The van der Waals surface area contributed by atoms with Crippen molar-refractivity contribution in [3.8, 4) is 11.5 Å². The molecule has 0 unspecified atom stereocenters. The second kappa shape index (κ2) is 5.87. The summed E-state index contributed by atoms with van der Waals surface area (Å²) in [5.41, 5.74) is 1.96. The van der Waals surface area contributed by atoms with E-state index in [-0.39, 0.29) is 0 Å². The molecule has 3 heteroatoms. The molecule has 1 aromatic heterocycles. The lowest BCUT2D eigenvalue weighted by atomic mass is 10.1. The molecular formula is C15H15NO2. The zero-order valence-corrected chi connectivity index (χ0v) is 10.5. The Hall–Kier alpha value is -2.29. The van der Waals surface area contributed by atoms with Gasteiger partial charge in [-0.2, -0.15) is 0 Å². The fraction of sp³-hybridized carbons (Fsp3) is 0.133. The molecule has 0 saturated heterocycles. The molecule has 3 nitrogen and oxygen atoms in total. The van der Waals surface area contributed by atoms with Gasteiger partial charge in [-0.25, -0.2) is 0 Å². The van der Waals surface area contributed by atoms with Gasteiger partial charge >= 0.3 is 0 Å². The van der Waals surface area contributed by atoms with Crippen molar-refractivity contribution >= 4 is 12.2 Å². The lowest BCUT2D eigenvalue weighted by molar-refractivity contribution is 0.392. The molecule has 2 rings (SSSR count). The van der Waals surface area contributed by atoms with Gasteiger partial charge < -0.3 is 9.47 Å². The third-order valence-corrected chi connectivity index (χ3v) is 2.59. The molecule has 92 valence electrons. The number of ether oxygens (including phenoxy) is 2. The first-order valence-electron chi connectivity index (χ1n) is 5.64. The van der Waals surface area contributed by atoms with E-state index in [2.05, 4.69) is 4.98 Å². The van der Waals surface area contributed by atoms with Gasteiger partial charge in [-0.05, 0) is 29.8 Å². The number of benzene rings is 1. The Bertz CT molecular complexity index is 513. The Labute approximate surface area is 107 Å². The molecule has 0 saturated carbocycles. The molecule has 0 fully saturated rings. The quantitative estimate of drug-likeness (QED) is 0.823. The standard InChI is InChI=1S/C15H15NO2/c1-17-14-6-3-7-15(18-2)13(14)9-8-12-5-4-10-16-11-12/h3-11H,1-2H3/b9-8+. The van der Waals surface area contributed by atoms with E-state index in [9.17, 15) is 0 Å². The van der Waals surface area contributed by atoms with Gasteiger partial charge in [0.2, 0.25) is 0 Å². The molecule has 0 aliphatic rings. The van der Waals surface area contributed by atoms with E-state index in [0.717, 1.165) is 22.6 Å². The number of pyridine rings is 1. The van der Waals surface area contributed by atoms with Crippen LogP contribution < -0.4 is 9.47 Å². The fourth-order valence-electron chi connectivity index (χ4n) is 1.70. The Balaban J connectivity index is 2.36. The summed E-state index contributed by atoms with van der Waals surface area (Å²) in [6.45, 7) is 0. The van der Waals surface area contributed by atoms with Crippen LogP contribution in [0.15, 0.2) is 42.7 Å². The van der Waals surface area contributed by atoms with Crippen molar-refractivity contribution in [2.45, 2.75) is 0 Å². The van der Waals surface area contributed by atoms with Crippen molar-refractivity contribution in [3.05, 3.63) is 53.9 Å². The Kier molecular flexibility index (Phi) is 3.97. The highest BCUT2D eigenvalue weighted by Crippen LogP contribution is 2.29. The number of aromatic nitrogens is 1. The van der Waals surface area contributed by atoms with E-state index >= 15 is 0 Å². The van der Waals surface area contributed by atoms with Gasteiger partial charge in [0.25, 0.3) is 0 Å². The molecule has 0 amide bonds. The van der Waals surface area contributed by atoms with E-state index in [1.165, 1.54) is 0 Å². The van der Waals surface area contributed by atoms with E-state index in [1.54, 1.807) is 26.6 Å². The van der Waals surface area contributed by atoms with Gasteiger partial charge in [0.15, 0.2) is 0 Å². The molecule has 2 aromatic rings. The maximum absolute atomic E-state index is 5.33. The molecule has 0 spiro atoms. The minimum atomic E-state index is 0.787. The molecule has 0 atom stereocenters. The van der Waals surface area contributed by atoms with Crippen molar-refractivity contribution in [2.75, 3.05) is 14.2 Å². The van der Waals surface area contributed by atoms with Crippen LogP contribution in [0.2, 0.25) is 0 Å². The second-order valence-corrected chi connectivity index (χ2v) is 3.70. The summed E-state index contributed by atoms with van der Waals surface area (Å²) < 4.78 is 10.7. The van der Waals surface area contributed by atoms with Crippen molar-refractivity contribution in [3.63, 3.8) is 0 Å². The number of methoxy groups -OCH3 is 2. The average molecular weight is 241 g/mol. The van der Waals surface area contributed by atoms with Crippen LogP contribution in [0.3, 0.4) is 0 Å². The maximum atomic E-state index is 5.33. The van der Waals surface area contributed by atoms with Crippen LogP contribution in [0.1, 0.15) is 11.1 Å². The van der Waals surface area contributed by atoms with E-state index in [4.69, 9.17) is 9.47 Å². The Morgan fingerprint density at radius 3 is 2.22 bits per heavy atom. The van der Waals surface area contributed by atoms with Crippen LogP contribution in [-0.4, -0.2) is 19.2 Å². The highest BCUT2D eigenvalue weighted by molar-refractivity contribution is 5.75. The molecule has 0 bridgehead atoms. The minimum absolute atomic E-state index is 0.787. The highest BCUT2D eigenvalue weighted by atomic mass is 16.5. The van der Waals surface area contributed by atoms with Crippen molar-refractivity contribution in [2.24, 2.45) is 0 Å². The number of hydrogen-bond donors (Lipinski definition) is 0. The van der Waals surface area contributed by atoms with Crippen LogP contribution in [0.25, 0.3) is 12.2 Å². The largest absolute Gasteiger partial charge is 0.496 e. The van der Waals surface area contributed by atoms with Crippen LogP contribution in [0.4, 0.5) is 0 Å².